The van der Waals surface area contributed by atoms with Gasteiger partial charge in [0.1, 0.15) is 10.3 Å². The van der Waals surface area contributed by atoms with Gasteiger partial charge in [-0.2, -0.15) is 0 Å². The van der Waals surface area contributed by atoms with Crippen molar-refractivity contribution in [3.8, 4) is 23.0 Å². The first-order valence-electron chi connectivity index (χ1n) is 23.3. The van der Waals surface area contributed by atoms with Crippen molar-refractivity contribution in [2.45, 2.75) is 126 Å². The van der Waals surface area contributed by atoms with E-state index in [4.69, 9.17) is 71.1 Å². The molecule has 0 radical (unpaired) electrons. The molecule has 0 saturated heterocycles. The average molecular weight is 1140 g/mol. The van der Waals surface area contributed by atoms with E-state index >= 15 is 0 Å². The molecule has 2 aromatic heterocycles. The van der Waals surface area contributed by atoms with Gasteiger partial charge in [0.15, 0.2) is 23.0 Å². The zero-order valence-electron chi connectivity index (χ0n) is 42.1. The third kappa shape index (κ3) is 13.1. The number of thioether (sulfide) groups is 2. The van der Waals surface area contributed by atoms with Crippen molar-refractivity contribution >= 4 is 94.2 Å². The summed E-state index contributed by atoms with van der Waals surface area (Å²) in [6, 6.07) is 7.58. The third-order valence-electron chi connectivity index (χ3n) is 14.1. The van der Waals surface area contributed by atoms with E-state index in [0.717, 1.165) is 56.3 Å². The van der Waals surface area contributed by atoms with E-state index in [1.807, 2.05) is 33.3 Å². The van der Waals surface area contributed by atoms with E-state index in [1.54, 1.807) is 25.1 Å². The Morgan fingerprint density at radius 3 is 1.44 bits per heavy atom. The lowest BCUT2D eigenvalue weighted by molar-refractivity contribution is -0.123. The molecule has 6 N–H and O–H groups in total. The van der Waals surface area contributed by atoms with Crippen LogP contribution in [-0.4, -0.2) is 101 Å². The zero-order valence-corrected chi connectivity index (χ0v) is 47.6. The molecule has 22 heteroatoms. The number of nitrogens with two attached hydrogens (primary N) is 1. The first-order chi connectivity index (χ1) is 33.4. The molecule has 2 saturated carbocycles. The molecule has 2 atom stereocenters. The second-order valence-corrected chi connectivity index (χ2v) is 22.3. The van der Waals surface area contributed by atoms with E-state index in [-0.39, 0.29) is 65.1 Å². The molecule has 2 aromatic carbocycles. The van der Waals surface area contributed by atoms with E-state index in [9.17, 15) is 24.3 Å². The maximum Gasteiger partial charge on any atom is 0.336 e. The minimum atomic E-state index is -1.01. The van der Waals surface area contributed by atoms with Crippen LogP contribution in [0.2, 0.25) is 20.4 Å². The predicted molar refractivity (Wildman–Crippen MR) is 292 cm³/mol. The summed E-state index contributed by atoms with van der Waals surface area (Å²) in [6.07, 6.45) is 12.1. The number of hydrogen-bond donors (Lipinski definition) is 5. The molecule has 15 nitrogen and oxygen atoms in total. The number of rotatable bonds is 11. The molecule has 2 aliphatic carbocycles. The maximum absolute atomic E-state index is 13.1. The molecule has 2 aliphatic heterocycles. The molecule has 0 bridgehead atoms. The summed E-state index contributed by atoms with van der Waals surface area (Å²) in [5.74, 6) is -0.569. The maximum atomic E-state index is 13.1. The van der Waals surface area contributed by atoms with E-state index < -0.39 is 17.5 Å². The molecule has 4 aromatic rings. The standard InChI is InChI=1S/C25H31Cl2N3O4S.C18H24ClNO4.C7H9ClN2OS.ClH/c1-13-16(23(31)28-12-17-19(35-5)11-20(27)29-24(17)32)10-18(26)22-21(13)33-25(2,34-22)14-6-8-15(9-7-14)30(3)4;1-10-13(17(21)22)9-14(19)16-15(10)23-18(2,24-16)11-5-7-12(8-6-11)20(3)4;1-12-5-2-6(8)10-7(11)4(5)3-9;/h10-11,14-15H,6-9,12H2,1-5H3,(H,28,31)(H,29,32);9,11-12H,5-8H2,1-4H3,(H,21,22);2H,3,9H2,1H3,(H,10,11);1H/t14?,15?,25-;11?,12?,18-;;/m11../s1. The number of ether oxygens (including phenoxy) is 4. The van der Waals surface area contributed by atoms with Crippen molar-refractivity contribution in [1.82, 2.24) is 25.1 Å². The van der Waals surface area contributed by atoms with Gasteiger partial charge in [0.25, 0.3) is 28.6 Å². The summed E-state index contributed by atoms with van der Waals surface area (Å²) in [5, 5.41) is 13.4. The fourth-order valence-corrected chi connectivity index (χ4v) is 12.1. The number of aromatic nitrogens is 2. The van der Waals surface area contributed by atoms with Crippen LogP contribution < -0.4 is 41.1 Å². The second-order valence-electron chi connectivity index (χ2n) is 18.9. The Balaban J connectivity index is 0.000000224. The number of carbonyl (C=O) groups excluding carboxylic acids is 1. The van der Waals surface area contributed by atoms with Gasteiger partial charge in [0.2, 0.25) is 0 Å². The van der Waals surface area contributed by atoms with Crippen LogP contribution >= 0.6 is 82.3 Å². The van der Waals surface area contributed by atoms with Crippen molar-refractivity contribution in [2.75, 3.05) is 40.7 Å². The van der Waals surface area contributed by atoms with Crippen molar-refractivity contribution in [2.24, 2.45) is 17.6 Å². The first kappa shape index (κ1) is 59.4. The van der Waals surface area contributed by atoms with Crippen molar-refractivity contribution < 1.29 is 33.6 Å². The summed E-state index contributed by atoms with van der Waals surface area (Å²) in [7, 11) is 8.46. The first-order valence-corrected chi connectivity index (χ1v) is 27.3. The Morgan fingerprint density at radius 1 is 0.681 bits per heavy atom. The van der Waals surface area contributed by atoms with Gasteiger partial charge in [-0.25, -0.2) is 4.79 Å². The summed E-state index contributed by atoms with van der Waals surface area (Å²) in [5.41, 5.74) is 7.66. The van der Waals surface area contributed by atoms with E-state index in [0.29, 0.717) is 83.0 Å². The van der Waals surface area contributed by atoms with Crippen LogP contribution in [-0.2, 0) is 13.1 Å². The lowest BCUT2D eigenvalue weighted by atomic mass is 9.81. The third-order valence-corrected chi connectivity index (χ3v) is 16.7. The predicted octanol–water partition coefficient (Wildman–Crippen LogP) is 10.8. The molecule has 4 aliphatic rings. The van der Waals surface area contributed by atoms with Crippen molar-refractivity contribution in [1.29, 1.82) is 0 Å². The van der Waals surface area contributed by atoms with Gasteiger partial charge < -0.3 is 54.9 Å². The number of aromatic carboxylic acids is 1. The fourth-order valence-electron chi connectivity index (χ4n) is 9.77. The Hall–Kier alpha value is -3.49. The zero-order chi connectivity index (χ0) is 52.3. The number of H-pyrrole nitrogens is 2. The summed E-state index contributed by atoms with van der Waals surface area (Å²) >= 11 is 27.3. The number of nitrogens with one attached hydrogen (secondary N) is 3. The van der Waals surface area contributed by atoms with Gasteiger partial charge in [0.05, 0.1) is 21.2 Å². The van der Waals surface area contributed by atoms with Crippen LogP contribution in [0.15, 0.2) is 43.6 Å². The molecule has 8 rings (SSSR count). The molecule has 396 valence electrons. The summed E-state index contributed by atoms with van der Waals surface area (Å²) < 4.78 is 25.0. The summed E-state index contributed by atoms with van der Waals surface area (Å²) in [4.78, 5) is 59.2. The second kappa shape index (κ2) is 24.9. The number of amides is 1. The van der Waals surface area contributed by atoms with Gasteiger partial charge in [-0.1, -0.05) is 46.4 Å². The van der Waals surface area contributed by atoms with Gasteiger partial charge in [-0.3, -0.25) is 14.4 Å². The van der Waals surface area contributed by atoms with Crippen molar-refractivity contribution in [3.05, 3.63) is 98.7 Å². The van der Waals surface area contributed by atoms with Gasteiger partial charge >= 0.3 is 5.97 Å². The summed E-state index contributed by atoms with van der Waals surface area (Å²) in [6.45, 7) is 7.74. The Kier molecular flexibility index (Phi) is 20.5. The minimum absolute atomic E-state index is 0. The molecule has 2 fully saturated rings. The van der Waals surface area contributed by atoms with E-state index in [2.05, 4.69) is 53.3 Å². The molecular weight excluding hydrogens is 1070 g/mol. The minimum Gasteiger partial charge on any atom is -0.478 e. The van der Waals surface area contributed by atoms with Crippen LogP contribution in [0.1, 0.15) is 108 Å². The number of carbonyl (C=O) groups is 2. The number of carboxylic acid groups (broad SMARTS) is 1. The Labute approximate surface area is 455 Å². The van der Waals surface area contributed by atoms with E-state index in [1.165, 1.54) is 29.6 Å². The molecule has 0 spiro atoms. The Bertz CT molecular complexity index is 2750. The van der Waals surface area contributed by atoms with Crippen LogP contribution in [0.5, 0.6) is 23.0 Å². The number of benzene rings is 2. The lowest BCUT2D eigenvalue weighted by Gasteiger charge is -2.39. The number of hydrogen-bond acceptors (Lipinski definition) is 13. The monoisotopic (exact) mass is 1130 g/mol. The average Bonchev–Trinajstić information content (AvgIpc) is 3.90. The number of nitrogens with zero attached hydrogens (tertiary/aromatic N) is 2. The molecule has 0 unspecified atom stereocenters. The van der Waals surface area contributed by atoms with Crippen LogP contribution in [0, 0.1) is 25.7 Å². The molecular formula is C50H65Cl5N6O9S2. The highest BCUT2D eigenvalue weighted by Crippen LogP contribution is 2.53. The number of fused-ring (bicyclic) bond motifs is 2. The van der Waals surface area contributed by atoms with Crippen LogP contribution in [0.3, 0.4) is 0 Å². The SMILES string of the molecule is CSc1cc(Cl)[nH]c(=O)c1CN.CSc1cc(Cl)[nH]c(=O)c1CNC(=O)c1cc(Cl)c2c(c1C)O[C@@](C)(C1CCC(N(C)C)CC1)O2.Cc1c(C(=O)O)cc(Cl)c2c1O[C@@](C)(C1CCC(N(C)C)CC1)O2.Cl. The van der Waals surface area contributed by atoms with Crippen LogP contribution in [0.4, 0.5) is 0 Å². The quantitative estimate of drug-likeness (QED) is 0.0701. The van der Waals surface area contributed by atoms with Crippen molar-refractivity contribution in [3.63, 3.8) is 0 Å². The highest BCUT2D eigenvalue weighted by molar-refractivity contribution is 7.98. The van der Waals surface area contributed by atoms with Gasteiger partial charge in [0, 0.05) is 82.9 Å². The largest absolute Gasteiger partial charge is 0.478 e. The molecule has 72 heavy (non-hydrogen) atoms. The number of pyridine rings is 2. The van der Waals surface area contributed by atoms with Crippen LogP contribution in [0.25, 0.3) is 0 Å². The topological polar surface area (TPSA) is 202 Å². The fraction of sp³-hybridized carbons (Fsp3) is 0.520. The lowest BCUT2D eigenvalue weighted by Crippen LogP contribution is -2.46. The number of halogens is 5. The normalized spacial score (nSPS) is 22.8. The van der Waals surface area contributed by atoms with Gasteiger partial charge in [-0.15, -0.1) is 35.9 Å². The molecule has 4 heterocycles. The van der Waals surface area contributed by atoms with Gasteiger partial charge in [-0.05, 0) is 130 Å². The number of carboxylic acids is 1. The smallest absolute Gasteiger partial charge is 0.336 e. The number of aromatic amines is 2. The Morgan fingerprint density at radius 2 is 1.06 bits per heavy atom. The highest BCUT2D eigenvalue weighted by atomic mass is 35.5. The molecule has 1 amide bonds. The highest BCUT2D eigenvalue weighted by Gasteiger charge is 2.49.